The average Bonchev–Trinajstić information content (AvgIpc) is 2.37. The van der Waals surface area contributed by atoms with Gasteiger partial charge >= 0.3 is 0 Å². The van der Waals surface area contributed by atoms with Crippen molar-refractivity contribution >= 4 is 0 Å². The number of aromatic nitrogens is 1. The Labute approximate surface area is 103 Å². The molecule has 18 heavy (non-hydrogen) atoms. The second kappa shape index (κ2) is 5.46. The van der Waals surface area contributed by atoms with E-state index in [4.69, 9.17) is 9.84 Å². The largest absolute Gasteiger partial charge is 0.483 e. The summed E-state index contributed by atoms with van der Waals surface area (Å²) in [4.78, 5) is 14.3. The zero-order chi connectivity index (χ0) is 13.0. The number of hydrogen-bond acceptors (Lipinski definition) is 3. The lowest BCUT2D eigenvalue weighted by Crippen LogP contribution is -2.09. The highest BCUT2D eigenvalue weighted by Gasteiger charge is 2.03. The monoisotopic (exact) mass is 249 g/mol. The number of aliphatic hydroxyl groups excluding tert-OH is 1. The lowest BCUT2D eigenvalue weighted by atomic mass is 10.2. The molecule has 2 aromatic rings. The SMILES string of the molecule is O=c1cc(CO)[nH]cc1OCc1cccc(F)c1. The van der Waals surface area contributed by atoms with Crippen molar-refractivity contribution in [2.75, 3.05) is 0 Å². The molecular weight excluding hydrogens is 237 g/mol. The van der Waals surface area contributed by atoms with Gasteiger partial charge in [0.25, 0.3) is 0 Å². The molecule has 94 valence electrons. The molecular formula is C13H12FNO3. The lowest BCUT2D eigenvalue weighted by molar-refractivity contribution is 0.274. The van der Waals surface area contributed by atoms with Crippen molar-refractivity contribution < 1.29 is 14.2 Å². The van der Waals surface area contributed by atoms with Gasteiger partial charge in [0.15, 0.2) is 5.75 Å². The van der Waals surface area contributed by atoms with Crippen molar-refractivity contribution in [3.8, 4) is 5.75 Å². The molecule has 0 aliphatic carbocycles. The second-order valence-electron chi connectivity index (χ2n) is 3.76. The third-order valence-corrected chi connectivity index (χ3v) is 2.39. The van der Waals surface area contributed by atoms with E-state index >= 15 is 0 Å². The van der Waals surface area contributed by atoms with E-state index in [1.54, 1.807) is 12.1 Å². The van der Waals surface area contributed by atoms with Gasteiger partial charge in [0, 0.05) is 18.0 Å². The van der Waals surface area contributed by atoms with Gasteiger partial charge in [-0.2, -0.15) is 0 Å². The summed E-state index contributed by atoms with van der Waals surface area (Å²) in [5.74, 6) is -0.211. The summed E-state index contributed by atoms with van der Waals surface area (Å²) < 4.78 is 18.2. The first-order chi connectivity index (χ1) is 8.69. The van der Waals surface area contributed by atoms with E-state index in [-0.39, 0.29) is 30.2 Å². The predicted molar refractivity (Wildman–Crippen MR) is 63.7 cm³/mol. The number of aromatic amines is 1. The highest BCUT2D eigenvalue weighted by atomic mass is 19.1. The normalized spacial score (nSPS) is 10.3. The molecule has 0 saturated heterocycles. The Morgan fingerprint density at radius 2 is 2.17 bits per heavy atom. The molecule has 0 spiro atoms. The van der Waals surface area contributed by atoms with Crippen LogP contribution in [-0.2, 0) is 13.2 Å². The minimum Gasteiger partial charge on any atom is -0.483 e. The highest BCUT2D eigenvalue weighted by molar-refractivity contribution is 5.21. The Morgan fingerprint density at radius 1 is 1.33 bits per heavy atom. The molecule has 5 heteroatoms. The molecule has 0 unspecified atom stereocenters. The fourth-order valence-corrected chi connectivity index (χ4v) is 1.49. The van der Waals surface area contributed by atoms with Gasteiger partial charge in [-0.3, -0.25) is 4.79 Å². The molecule has 0 bridgehead atoms. The van der Waals surface area contributed by atoms with Crippen LogP contribution in [0.3, 0.4) is 0 Å². The van der Waals surface area contributed by atoms with Crippen LogP contribution in [0.4, 0.5) is 4.39 Å². The van der Waals surface area contributed by atoms with Crippen molar-refractivity contribution in [2.24, 2.45) is 0 Å². The molecule has 0 saturated carbocycles. The summed E-state index contributed by atoms with van der Waals surface area (Å²) in [7, 11) is 0. The first kappa shape index (κ1) is 12.3. The maximum absolute atomic E-state index is 12.9. The fourth-order valence-electron chi connectivity index (χ4n) is 1.49. The van der Waals surface area contributed by atoms with E-state index in [0.29, 0.717) is 11.3 Å². The van der Waals surface area contributed by atoms with Crippen LogP contribution in [0.1, 0.15) is 11.3 Å². The number of rotatable bonds is 4. The molecule has 0 aliphatic heterocycles. The number of nitrogens with one attached hydrogen (secondary N) is 1. The first-order valence-corrected chi connectivity index (χ1v) is 5.39. The fraction of sp³-hybridized carbons (Fsp3) is 0.154. The second-order valence-corrected chi connectivity index (χ2v) is 3.76. The molecule has 0 amide bonds. The van der Waals surface area contributed by atoms with Crippen LogP contribution >= 0.6 is 0 Å². The number of hydrogen-bond donors (Lipinski definition) is 2. The highest BCUT2D eigenvalue weighted by Crippen LogP contribution is 2.08. The zero-order valence-electron chi connectivity index (χ0n) is 9.52. The summed E-state index contributed by atoms with van der Waals surface area (Å²) in [5.41, 5.74) is 0.730. The Balaban J connectivity index is 2.09. The van der Waals surface area contributed by atoms with Crippen molar-refractivity contribution in [3.05, 3.63) is 63.8 Å². The van der Waals surface area contributed by atoms with Crippen LogP contribution in [0.2, 0.25) is 0 Å². The van der Waals surface area contributed by atoms with Gasteiger partial charge in [0.05, 0.1) is 6.61 Å². The van der Waals surface area contributed by atoms with E-state index in [9.17, 15) is 9.18 Å². The Kier molecular flexibility index (Phi) is 3.74. The van der Waals surface area contributed by atoms with Crippen LogP contribution < -0.4 is 10.2 Å². The molecule has 1 heterocycles. The third kappa shape index (κ3) is 2.95. The summed E-state index contributed by atoms with van der Waals surface area (Å²) in [6, 6.07) is 7.23. The molecule has 0 radical (unpaired) electrons. The number of ether oxygens (including phenoxy) is 1. The van der Waals surface area contributed by atoms with Gasteiger partial charge in [0.2, 0.25) is 5.43 Å². The molecule has 1 aromatic carbocycles. The Hall–Kier alpha value is -2.14. The minimum atomic E-state index is -0.347. The maximum atomic E-state index is 12.9. The number of pyridine rings is 1. The number of benzene rings is 1. The summed E-state index contributed by atoms with van der Waals surface area (Å²) in [6.45, 7) is -0.126. The van der Waals surface area contributed by atoms with Crippen LogP contribution in [0.5, 0.6) is 5.75 Å². The van der Waals surface area contributed by atoms with Crippen molar-refractivity contribution in [2.45, 2.75) is 13.2 Å². The number of H-pyrrole nitrogens is 1. The van der Waals surface area contributed by atoms with E-state index < -0.39 is 0 Å². The number of aliphatic hydroxyl groups is 1. The van der Waals surface area contributed by atoms with Crippen LogP contribution in [-0.4, -0.2) is 10.1 Å². The van der Waals surface area contributed by atoms with Crippen LogP contribution in [0.25, 0.3) is 0 Å². The summed E-state index contributed by atoms with van der Waals surface area (Å²) >= 11 is 0. The topological polar surface area (TPSA) is 62.3 Å². The minimum absolute atomic E-state index is 0.110. The molecule has 0 atom stereocenters. The smallest absolute Gasteiger partial charge is 0.223 e. The van der Waals surface area contributed by atoms with E-state index in [2.05, 4.69) is 4.98 Å². The summed E-state index contributed by atoms with van der Waals surface area (Å²) in [6.07, 6.45) is 1.38. The average molecular weight is 249 g/mol. The maximum Gasteiger partial charge on any atom is 0.223 e. The van der Waals surface area contributed by atoms with E-state index in [0.717, 1.165) is 0 Å². The van der Waals surface area contributed by atoms with Crippen molar-refractivity contribution in [1.82, 2.24) is 4.98 Å². The lowest BCUT2D eigenvalue weighted by Gasteiger charge is -2.06. The molecule has 4 nitrogen and oxygen atoms in total. The predicted octanol–water partition coefficient (Wildman–Crippen LogP) is 1.59. The van der Waals surface area contributed by atoms with Crippen LogP contribution in [0, 0.1) is 5.82 Å². The number of halogens is 1. The van der Waals surface area contributed by atoms with Crippen molar-refractivity contribution in [1.29, 1.82) is 0 Å². The molecule has 0 fully saturated rings. The third-order valence-electron chi connectivity index (χ3n) is 2.39. The molecule has 2 rings (SSSR count). The van der Waals surface area contributed by atoms with E-state index in [1.165, 1.54) is 24.4 Å². The molecule has 0 aliphatic rings. The van der Waals surface area contributed by atoms with Gasteiger partial charge < -0.3 is 14.8 Å². The van der Waals surface area contributed by atoms with Gasteiger partial charge in [-0.05, 0) is 17.7 Å². The zero-order valence-corrected chi connectivity index (χ0v) is 9.52. The standard InChI is InChI=1S/C13H12FNO3/c14-10-3-1-2-9(4-10)8-18-13-6-15-11(7-16)5-12(13)17/h1-6,16H,7-8H2,(H,15,17). The quantitative estimate of drug-likeness (QED) is 0.864. The van der Waals surface area contributed by atoms with Gasteiger partial charge in [0.1, 0.15) is 12.4 Å². The summed E-state index contributed by atoms with van der Waals surface area (Å²) in [5, 5.41) is 8.84. The molecule has 2 N–H and O–H groups in total. The Bertz CT molecular complexity index is 595. The van der Waals surface area contributed by atoms with E-state index in [1.807, 2.05) is 0 Å². The van der Waals surface area contributed by atoms with Gasteiger partial charge in [-0.25, -0.2) is 4.39 Å². The van der Waals surface area contributed by atoms with Gasteiger partial charge in [-0.15, -0.1) is 0 Å². The van der Waals surface area contributed by atoms with Crippen LogP contribution in [0.15, 0.2) is 41.3 Å². The van der Waals surface area contributed by atoms with Gasteiger partial charge in [-0.1, -0.05) is 12.1 Å². The van der Waals surface area contributed by atoms with Crippen molar-refractivity contribution in [3.63, 3.8) is 0 Å². The Morgan fingerprint density at radius 3 is 2.83 bits per heavy atom. The molecule has 1 aromatic heterocycles. The first-order valence-electron chi connectivity index (χ1n) is 5.39.